The number of nitrogens with two attached hydrogens (primary N) is 1. The maximum Gasteiger partial charge on any atom is 0.180 e. The third-order valence-corrected chi connectivity index (χ3v) is 4.20. The van der Waals surface area contributed by atoms with Gasteiger partial charge in [-0.3, -0.25) is 4.90 Å². The maximum atomic E-state index is 5.65. The van der Waals surface area contributed by atoms with Gasteiger partial charge < -0.3 is 10.3 Å². The number of imidazole rings is 1. The van der Waals surface area contributed by atoms with Crippen molar-refractivity contribution in [2.24, 2.45) is 0 Å². The van der Waals surface area contributed by atoms with Crippen molar-refractivity contribution in [1.82, 2.24) is 19.4 Å². The van der Waals surface area contributed by atoms with Gasteiger partial charge >= 0.3 is 0 Å². The van der Waals surface area contributed by atoms with Crippen molar-refractivity contribution in [2.45, 2.75) is 38.9 Å². The number of hydrogen-bond acceptors (Lipinski definition) is 5. The summed E-state index contributed by atoms with van der Waals surface area (Å²) in [5.41, 5.74) is 6.81. The van der Waals surface area contributed by atoms with Crippen LogP contribution in [-0.2, 0) is 26.1 Å². The number of anilines is 1. The topological polar surface area (TPSA) is 60.0 Å². The number of halogens is 1. The predicted molar refractivity (Wildman–Crippen MR) is 84.1 cm³/mol. The maximum absolute atomic E-state index is 5.65. The van der Waals surface area contributed by atoms with Crippen LogP contribution >= 0.6 is 23.7 Å². The summed E-state index contributed by atoms with van der Waals surface area (Å²) in [5.74, 6) is 1.25. The second-order valence-electron chi connectivity index (χ2n) is 5.14. The van der Waals surface area contributed by atoms with E-state index in [0.29, 0.717) is 5.13 Å². The van der Waals surface area contributed by atoms with Crippen LogP contribution in [-0.4, -0.2) is 26.5 Å². The Hall–Kier alpha value is -1.11. The van der Waals surface area contributed by atoms with E-state index in [0.717, 1.165) is 31.7 Å². The summed E-state index contributed by atoms with van der Waals surface area (Å²) in [6, 6.07) is 0. The van der Waals surface area contributed by atoms with Crippen molar-refractivity contribution in [2.75, 3.05) is 12.8 Å². The fourth-order valence-corrected chi connectivity index (χ4v) is 3.31. The van der Waals surface area contributed by atoms with Crippen LogP contribution in [0.15, 0.2) is 12.4 Å². The molecule has 110 valence electrons. The predicted octanol–water partition coefficient (Wildman–Crippen LogP) is 2.31. The lowest BCUT2D eigenvalue weighted by Crippen LogP contribution is -2.16. The van der Waals surface area contributed by atoms with Crippen molar-refractivity contribution in [1.29, 1.82) is 0 Å². The smallest absolute Gasteiger partial charge is 0.180 e. The summed E-state index contributed by atoms with van der Waals surface area (Å²) < 4.78 is 2.30. The molecule has 0 saturated heterocycles. The van der Waals surface area contributed by atoms with Gasteiger partial charge in [-0.1, -0.05) is 0 Å². The number of thiazole rings is 1. The highest BCUT2D eigenvalue weighted by Gasteiger charge is 2.13. The van der Waals surface area contributed by atoms with E-state index in [1.54, 1.807) is 11.3 Å². The Balaban J connectivity index is 0.00000147. The zero-order chi connectivity index (χ0) is 13.2. The molecule has 0 spiro atoms. The minimum Gasteiger partial charge on any atom is -0.375 e. The van der Waals surface area contributed by atoms with Crippen molar-refractivity contribution in [3.05, 3.63) is 28.8 Å². The molecule has 3 rings (SSSR count). The van der Waals surface area contributed by atoms with Crippen molar-refractivity contribution in [3.63, 3.8) is 0 Å². The first-order valence-electron chi connectivity index (χ1n) is 6.64. The molecule has 20 heavy (non-hydrogen) atoms. The van der Waals surface area contributed by atoms with E-state index < -0.39 is 0 Å². The van der Waals surface area contributed by atoms with Gasteiger partial charge in [-0.15, -0.1) is 23.7 Å². The molecule has 0 fully saturated rings. The quantitative estimate of drug-likeness (QED) is 0.941. The van der Waals surface area contributed by atoms with E-state index in [2.05, 4.69) is 27.7 Å². The Morgan fingerprint density at radius 2 is 2.25 bits per heavy atom. The van der Waals surface area contributed by atoms with E-state index in [1.165, 1.54) is 23.5 Å². The number of nitrogen functional groups attached to an aromatic ring is 1. The van der Waals surface area contributed by atoms with Crippen molar-refractivity contribution < 1.29 is 0 Å². The number of nitrogens with zero attached hydrogens (tertiary/aromatic N) is 4. The third kappa shape index (κ3) is 3.50. The summed E-state index contributed by atoms with van der Waals surface area (Å²) in [6.07, 6.45) is 7.72. The van der Waals surface area contributed by atoms with Crippen LogP contribution in [0.1, 0.15) is 29.2 Å². The molecule has 5 nitrogen and oxygen atoms in total. The Labute approximate surface area is 129 Å². The first-order chi connectivity index (χ1) is 9.20. The molecule has 2 aromatic rings. The van der Waals surface area contributed by atoms with Gasteiger partial charge in [0, 0.05) is 43.3 Å². The molecular formula is C13H20ClN5S. The van der Waals surface area contributed by atoms with Gasteiger partial charge in [-0.25, -0.2) is 9.97 Å². The highest BCUT2D eigenvalue weighted by molar-refractivity contribution is 7.15. The standard InChI is InChI=1S/C13H19N5S.ClH/c1-17(9-11-6-15-13(14)19-11)7-10-8-18-5-3-2-4-12(18)16-10;/h6,8H,2-5,7,9H2,1H3,(H2,14,15);1H. The second-order valence-corrected chi connectivity index (χ2v) is 6.28. The van der Waals surface area contributed by atoms with Gasteiger partial charge in [0.05, 0.1) is 5.69 Å². The monoisotopic (exact) mass is 313 g/mol. The molecule has 2 aromatic heterocycles. The first-order valence-corrected chi connectivity index (χ1v) is 7.46. The Morgan fingerprint density at radius 3 is 2.95 bits per heavy atom. The minimum absolute atomic E-state index is 0. The lowest BCUT2D eigenvalue weighted by Gasteiger charge is -2.13. The van der Waals surface area contributed by atoms with Gasteiger partial charge in [0.25, 0.3) is 0 Å². The number of aryl methyl sites for hydroxylation is 2. The summed E-state index contributed by atoms with van der Waals surface area (Å²) in [7, 11) is 2.11. The minimum atomic E-state index is 0. The van der Waals surface area contributed by atoms with Crippen molar-refractivity contribution >= 4 is 28.9 Å². The molecule has 0 aliphatic carbocycles. The van der Waals surface area contributed by atoms with E-state index >= 15 is 0 Å². The summed E-state index contributed by atoms with van der Waals surface area (Å²) >= 11 is 1.55. The Kier molecular flexibility index (Phi) is 5.01. The molecule has 1 aliphatic heterocycles. The summed E-state index contributed by atoms with van der Waals surface area (Å²) in [6.45, 7) is 2.87. The zero-order valence-electron chi connectivity index (χ0n) is 11.6. The molecule has 7 heteroatoms. The van der Waals surface area contributed by atoms with Gasteiger partial charge in [0.15, 0.2) is 5.13 Å². The third-order valence-electron chi connectivity index (χ3n) is 3.39. The molecule has 2 N–H and O–H groups in total. The fourth-order valence-electron chi connectivity index (χ4n) is 2.54. The molecule has 0 radical (unpaired) electrons. The normalized spacial score (nSPS) is 14.1. The molecule has 0 aromatic carbocycles. The Bertz CT molecular complexity index is 541. The van der Waals surface area contributed by atoms with E-state index in [4.69, 9.17) is 10.7 Å². The molecular weight excluding hydrogens is 294 g/mol. The van der Waals surface area contributed by atoms with Crippen LogP contribution in [0.2, 0.25) is 0 Å². The highest BCUT2D eigenvalue weighted by atomic mass is 35.5. The van der Waals surface area contributed by atoms with Gasteiger partial charge in [0.2, 0.25) is 0 Å². The molecule has 0 atom stereocenters. The first kappa shape index (κ1) is 15.3. The van der Waals surface area contributed by atoms with E-state index in [9.17, 15) is 0 Å². The molecule has 1 aliphatic rings. The number of fused-ring (bicyclic) bond motifs is 1. The van der Waals surface area contributed by atoms with Crippen molar-refractivity contribution in [3.8, 4) is 0 Å². The molecule has 0 saturated carbocycles. The average Bonchev–Trinajstić information content (AvgIpc) is 2.94. The zero-order valence-corrected chi connectivity index (χ0v) is 13.2. The number of hydrogen-bond donors (Lipinski definition) is 1. The van der Waals surface area contributed by atoms with Gasteiger partial charge in [-0.2, -0.15) is 0 Å². The number of aromatic nitrogens is 3. The fraction of sp³-hybridized carbons (Fsp3) is 0.538. The molecule has 3 heterocycles. The van der Waals surface area contributed by atoms with Crippen LogP contribution in [0.5, 0.6) is 0 Å². The van der Waals surface area contributed by atoms with E-state index in [-0.39, 0.29) is 12.4 Å². The average molecular weight is 314 g/mol. The molecule has 0 amide bonds. The SMILES string of the molecule is CN(Cc1cn2c(n1)CCCC2)Cc1cnc(N)s1.Cl. The largest absolute Gasteiger partial charge is 0.375 e. The van der Waals surface area contributed by atoms with E-state index in [1.807, 2.05) is 6.20 Å². The van der Waals surface area contributed by atoms with Crippen LogP contribution in [0.4, 0.5) is 5.13 Å². The lowest BCUT2D eigenvalue weighted by atomic mass is 10.2. The Morgan fingerprint density at radius 1 is 1.40 bits per heavy atom. The van der Waals surface area contributed by atoms with Crippen LogP contribution in [0.3, 0.4) is 0 Å². The molecule has 0 bridgehead atoms. The number of rotatable bonds is 4. The summed E-state index contributed by atoms with van der Waals surface area (Å²) in [4.78, 5) is 12.3. The van der Waals surface area contributed by atoms with Crippen LogP contribution in [0, 0.1) is 0 Å². The summed E-state index contributed by atoms with van der Waals surface area (Å²) in [5, 5.41) is 0.640. The molecule has 0 unspecified atom stereocenters. The van der Waals surface area contributed by atoms with Crippen LogP contribution in [0.25, 0.3) is 0 Å². The lowest BCUT2D eigenvalue weighted by molar-refractivity contribution is 0.318. The van der Waals surface area contributed by atoms with Crippen LogP contribution < -0.4 is 5.73 Å². The van der Waals surface area contributed by atoms with Gasteiger partial charge in [-0.05, 0) is 19.9 Å². The highest BCUT2D eigenvalue weighted by Crippen LogP contribution is 2.18. The second kappa shape index (κ2) is 6.56. The van der Waals surface area contributed by atoms with Gasteiger partial charge in [0.1, 0.15) is 5.82 Å².